The maximum atomic E-state index is 13.4. The molecule has 0 bridgehead atoms. The normalized spacial score (nSPS) is 11.4. The summed E-state index contributed by atoms with van der Waals surface area (Å²) < 4.78 is 40.6. The molecule has 4 rings (SSSR count). The Bertz CT molecular complexity index is 1600. The van der Waals surface area contributed by atoms with E-state index in [9.17, 15) is 27.6 Å². The molecule has 196 valence electrons. The Hall–Kier alpha value is -4.18. The van der Waals surface area contributed by atoms with Crippen LogP contribution in [-0.2, 0) is 19.3 Å². The lowest BCUT2D eigenvalue weighted by molar-refractivity contribution is -0.137. The van der Waals surface area contributed by atoms with Gasteiger partial charge in [0.1, 0.15) is 0 Å². The molecule has 0 radical (unpaired) electrons. The smallest absolute Gasteiger partial charge is 0.336 e. The number of hydrogen-bond donors (Lipinski definition) is 0. The topological polar surface area (TPSA) is 77.2 Å². The molecule has 0 aliphatic heterocycles. The molecule has 0 N–H and O–H groups in total. The summed E-state index contributed by atoms with van der Waals surface area (Å²) in [5.41, 5.74) is -1.21. The first-order valence-corrected chi connectivity index (χ1v) is 11.8. The van der Waals surface area contributed by atoms with Gasteiger partial charge in [-0.25, -0.2) is 4.79 Å². The Kier molecular flexibility index (Phi) is 7.54. The molecule has 0 unspecified atom stereocenters. The first-order chi connectivity index (χ1) is 18.0. The molecule has 0 atom stereocenters. The average Bonchev–Trinajstić information content (AvgIpc) is 2.88. The van der Waals surface area contributed by atoms with Crippen LogP contribution in [0.4, 0.5) is 13.2 Å². The van der Waals surface area contributed by atoms with Crippen molar-refractivity contribution in [1.82, 2.24) is 19.2 Å². The standard InChI is InChI=1S/C27H22ClF3N4O3/c1-17-8-13-21(14-22(17)28)35-26(38)34(16-19-9-11-20(12-10-19)27(29,30)31)25(37)23(32-35)24(36)33(2)15-18-6-4-3-5-7-18/h3-14H,15-16H2,1-2H3. The molecule has 38 heavy (non-hydrogen) atoms. The van der Waals surface area contributed by atoms with E-state index in [1.54, 1.807) is 19.1 Å². The Balaban J connectivity index is 1.81. The summed E-state index contributed by atoms with van der Waals surface area (Å²) in [6.07, 6.45) is -4.54. The van der Waals surface area contributed by atoms with Gasteiger partial charge in [-0.1, -0.05) is 60.1 Å². The first kappa shape index (κ1) is 26.9. The third-order valence-corrected chi connectivity index (χ3v) is 6.30. The molecule has 1 amide bonds. The Morgan fingerprint density at radius 1 is 0.974 bits per heavy atom. The second kappa shape index (κ2) is 10.7. The predicted octanol–water partition coefficient (Wildman–Crippen LogP) is 4.70. The van der Waals surface area contributed by atoms with Gasteiger partial charge in [0, 0.05) is 18.6 Å². The second-order valence-electron chi connectivity index (χ2n) is 8.71. The summed E-state index contributed by atoms with van der Waals surface area (Å²) in [6.45, 7) is 1.57. The van der Waals surface area contributed by atoms with Gasteiger partial charge in [0.2, 0.25) is 5.69 Å². The Labute approximate surface area is 220 Å². The summed E-state index contributed by atoms with van der Waals surface area (Å²) in [5.74, 6) is -0.730. The van der Waals surface area contributed by atoms with E-state index in [0.717, 1.165) is 32.5 Å². The number of alkyl halides is 3. The van der Waals surface area contributed by atoms with Crippen molar-refractivity contribution in [3.05, 3.63) is 127 Å². The Morgan fingerprint density at radius 3 is 2.24 bits per heavy atom. The molecule has 0 fully saturated rings. The van der Waals surface area contributed by atoms with Gasteiger partial charge in [0.25, 0.3) is 11.5 Å². The maximum absolute atomic E-state index is 13.4. The molecule has 0 aliphatic carbocycles. The van der Waals surface area contributed by atoms with Crippen molar-refractivity contribution in [2.45, 2.75) is 26.2 Å². The van der Waals surface area contributed by atoms with Crippen LogP contribution in [0, 0.1) is 6.92 Å². The fourth-order valence-corrected chi connectivity index (χ4v) is 3.94. The Morgan fingerprint density at radius 2 is 1.63 bits per heavy atom. The number of hydrogen-bond acceptors (Lipinski definition) is 4. The van der Waals surface area contributed by atoms with Crippen LogP contribution in [0.2, 0.25) is 5.02 Å². The number of nitrogens with zero attached hydrogens (tertiary/aromatic N) is 4. The number of amides is 1. The molecule has 7 nitrogen and oxygen atoms in total. The molecule has 3 aromatic carbocycles. The highest BCUT2D eigenvalue weighted by molar-refractivity contribution is 6.31. The molecule has 0 spiro atoms. The quantitative estimate of drug-likeness (QED) is 0.354. The molecule has 0 saturated carbocycles. The van der Waals surface area contributed by atoms with Crippen LogP contribution >= 0.6 is 11.6 Å². The van der Waals surface area contributed by atoms with E-state index in [0.29, 0.717) is 5.02 Å². The van der Waals surface area contributed by atoms with Crippen molar-refractivity contribution in [3.8, 4) is 5.69 Å². The van der Waals surface area contributed by atoms with E-state index in [-0.39, 0.29) is 24.3 Å². The van der Waals surface area contributed by atoms with Crippen LogP contribution in [0.15, 0.2) is 82.4 Å². The number of benzene rings is 3. The minimum absolute atomic E-state index is 0.176. The lowest BCUT2D eigenvalue weighted by Crippen LogP contribution is -2.46. The van der Waals surface area contributed by atoms with E-state index < -0.39 is 34.6 Å². The predicted molar refractivity (Wildman–Crippen MR) is 137 cm³/mol. The molecule has 1 aromatic heterocycles. The third-order valence-electron chi connectivity index (χ3n) is 5.89. The summed E-state index contributed by atoms with van der Waals surface area (Å²) in [7, 11) is 1.49. The van der Waals surface area contributed by atoms with E-state index >= 15 is 0 Å². The van der Waals surface area contributed by atoms with Crippen LogP contribution in [-0.4, -0.2) is 32.2 Å². The summed E-state index contributed by atoms with van der Waals surface area (Å²) in [4.78, 5) is 41.3. The molecular formula is C27H22ClF3N4O3. The van der Waals surface area contributed by atoms with E-state index in [1.807, 2.05) is 30.3 Å². The lowest BCUT2D eigenvalue weighted by Gasteiger charge is -2.18. The average molecular weight is 543 g/mol. The van der Waals surface area contributed by atoms with Crippen molar-refractivity contribution in [2.75, 3.05) is 7.05 Å². The van der Waals surface area contributed by atoms with Crippen molar-refractivity contribution in [2.24, 2.45) is 0 Å². The largest absolute Gasteiger partial charge is 0.416 e. The van der Waals surface area contributed by atoms with Gasteiger partial charge in [0.15, 0.2) is 0 Å². The van der Waals surface area contributed by atoms with E-state index in [2.05, 4.69) is 5.10 Å². The zero-order valence-corrected chi connectivity index (χ0v) is 21.1. The number of carbonyl (C=O) groups is 1. The SMILES string of the molecule is Cc1ccc(-n2nc(C(=O)N(C)Cc3ccccc3)c(=O)n(Cc3ccc(C(F)(F)F)cc3)c2=O)cc1Cl. The number of aryl methyl sites for hydroxylation is 1. The first-order valence-electron chi connectivity index (χ1n) is 11.4. The number of rotatable bonds is 6. The fourth-order valence-electron chi connectivity index (χ4n) is 3.76. The molecular weight excluding hydrogens is 521 g/mol. The van der Waals surface area contributed by atoms with Gasteiger partial charge >= 0.3 is 11.9 Å². The van der Waals surface area contributed by atoms with Crippen LogP contribution < -0.4 is 11.2 Å². The van der Waals surface area contributed by atoms with Crippen LogP contribution in [0.3, 0.4) is 0 Å². The summed E-state index contributed by atoms with van der Waals surface area (Å²) >= 11 is 6.23. The van der Waals surface area contributed by atoms with E-state index in [1.165, 1.54) is 30.1 Å². The van der Waals surface area contributed by atoms with Crippen LogP contribution in [0.1, 0.15) is 32.7 Å². The third kappa shape index (κ3) is 5.70. The van der Waals surface area contributed by atoms with Crippen molar-refractivity contribution in [3.63, 3.8) is 0 Å². The maximum Gasteiger partial charge on any atom is 0.416 e. The van der Waals surface area contributed by atoms with E-state index in [4.69, 9.17) is 11.6 Å². The minimum Gasteiger partial charge on any atom is -0.336 e. The lowest BCUT2D eigenvalue weighted by atomic mass is 10.1. The van der Waals surface area contributed by atoms with Crippen molar-refractivity contribution in [1.29, 1.82) is 0 Å². The van der Waals surface area contributed by atoms with Gasteiger partial charge in [0.05, 0.1) is 17.8 Å². The van der Waals surface area contributed by atoms with Gasteiger partial charge in [-0.15, -0.1) is 0 Å². The van der Waals surface area contributed by atoms with Gasteiger partial charge in [-0.05, 0) is 47.9 Å². The highest BCUT2D eigenvalue weighted by atomic mass is 35.5. The zero-order chi connectivity index (χ0) is 27.6. The van der Waals surface area contributed by atoms with Crippen LogP contribution in [0.5, 0.6) is 0 Å². The second-order valence-corrected chi connectivity index (χ2v) is 9.12. The molecule has 4 aromatic rings. The van der Waals surface area contributed by atoms with Gasteiger partial charge < -0.3 is 4.90 Å². The zero-order valence-electron chi connectivity index (χ0n) is 20.4. The van der Waals surface area contributed by atoms with Gasteiger partial charge in [-0.2, -0.15) is 23.0 Å². The summed E-state index contributed by atoms with van der Waals surface area (Å²) in [5, 5.41) is 4.44. The highest BCUT2D eigenvalue weighted by Gasteiger charge is 2.30. The molecule has 1 heterocycles. The van der Waals surface area contributed by atoms with Gasteiger partial charge in [-0.3, -0.25) is 14.2 Å². The van der Waals surface area contributed by atoms with Crippen LogP contribution in [0.25, 0.3) is 5.69 Å². The van der Waals surface area contributed by atoms with Crippen molar-refractivity contribution >= 4 is 17.5 Å². The highest BCUT2D eigenvalue weighted by Crippen LogP contribution is 2.29. The fraction of sp³-hybridized carbons (Fsp3) is 0.185. The minimum atomic E-state index is -4.54. The summed E-state index contributed by atoms with van der Waals surface area (Å²) in [6, 6.07) is 17.8. The van der Waals surface area contributed by atoms with Crippen molar-refractivity contribution < 1.29 is 18.0 Å². The monoisotopic (exact) mass is 542 g/mol. The molecule has 0 aliphatic rings. The number of halogens is 4. The number of aromatic nitrogens is 3. The molecule has 11 heteroatoms. The molecule has 0 saturated heterocycles. The number of carbonyl (C=O) groups excluding carboxylic acids is 1.